The van der Waals surface area contributed by atoms with Crippen molar-refractivity contribution in [2.24, 2.45) is 5.73 Å². The summed E-state index contributed by atoms with van der Waals surface area (Å²) in [5.74, 6) is 0.443. The molecule has 0 spiro atoms. The molecule has 3 N–H and O–H groups in total. The summed E-state index contributed by atoms with van der Waals surface area (Å²) < 4.78 is 5.62. The van der Waals surface area contributed by atoms with Crippen LogP contribution in [0.3, 0.4) is 0 Å². The molecule has 4 rings (SSSR count). The first kappa shape index (κ1) is 21.8. The average molecular weight is 431 g/mol. The van der Waals surface area contributed by atoms with Gasteiger partial charge in [-0.3, -0.25) is 9.78 Å². The van der Waals surface area contributed by atoms with E-state index in [9.17, 15) is 4.79 Å². The number of anilines is 2. The second kappa shape index (κ2) is 9.83. The molecule has 0 aliphatic carbocycles. The van der Waals surface area contributed by atoms with Crippen LogP contribution in [-0.4, -0.2) is 36.6 Å². The first-order valence-corrected chi connectivity index (χ1v) is 11.0. The fourth-order valence-electron chi connectivity index (χ4n) is 4.20. The number of hydrogen-bond acceptors (Lipinski definition) is 5. The third-order valence-electron chi connectivity index (χ3n) is 5.69. The third kappa shape index (κ3) is 5.26. The lowest BCUT2D eigenvalue weighted by molar-refractivity contribution is -0.118. The van der Waals surface area contributed by atoms with Crippen molar-refractivity contribution in [1.82, 2.24) is 4.98 Å². The summed E-state index contributed by atoms with van der Waals surface area (Å²) >= 11 is 0. The molecular formula is C26H30N4O2. The van der Waals surface area contributed by atoms with Crippen LogP contribution in [0.15, 0.2) is 60.9 Å². The van der Waals surface area contributed by atoms with E-state index in [1.54, 1.807) is 6.20 Å². The van der Waals surface area contributed by atoms with Crippen molar-refractivity contribution in [1.29, 1.82) is 0 Å². The SMILES string of the molecule is Cc1cc(C)cc(-c2cncc(NC(=O)COc3ccccc3)c2N2CCC(N)CC2)c1. The van der Waals surface area contributed by atoms with Gasteiger partial charge in [0.15, 0.2) is 6.61 Å². The Morgan fingerprint density at radius 3 is 2.47 bits per heavy atom. The van der Waals surface area contributed by atoms with Gasteiger partial charge in [-0.05, 0) is 44.4 Å². The maximum Gasteiger partial charge on any atom is 0.262 e. The fraction of sp³-hybridized carbons (Fsp3) is 0.308. The van der Waals surface area contributed by atoms with E-state index in [0.717, 1.165) is 42.7 Å². The van der Waals surface area contributed by atoms with E-state index in [1.807, 2.05) is 36.5 Å². The topological polar surface area (TPSA) is 80.5 Å². The highest BCUT2D eigenvalue weighted by molar-refractivity contribution is 5.98. The van der Waals surface area contributed by atoms with Crippen LogP contribution in [0.25, 0.3) is 11.1 Å². The van der Waals surface area contributed by atoms with Crippen molar-refractivity contribution >= 4 is 17.3 Å². The number of rotatable bonds is 6. The summed E-state index contributed by atoms with van der Waals surface area (Å²) in [5, 5.41) is 3.03. The number of benzene rings is 2. The molecule has 2 heterocycles. The molecule has 3 aromatic rings. The van der Waals surface area contributed by atoms with Crippen LogP contribution >= 0.6 is 0 Å². The summed E-state index contributed by atoms with van der Waals surface area (Å²) in [6, 6.07) is 16.0. The predicted octanol–water partition coefficient (Wildman–Crippen LogP) is 4.31. The molecule has 6 heteroatoms. The number of nitrogens with one attached hydrogen (secondary N) is 1. The minimum absolute atomic E-state index is 0.0674. The number of aryl methyl sites for hydroxylation is 2. The number of nitrogens with zero attached hydrogens (tertiary/aromatic N) is 2. The van der Waals surface area contributed by atoms with Crippen LogP contribution in [0.2, 0.25) is 0 Å². The van der Waals surface area contributed by atoms with Gasteiger partial charge in [0.25, 0.3) is 5.91 Å². The fourth-order valence-corrected chi connectivity index (χ4v) is 4.20. The highest BCUT2D eigenvalue weighted by atomic mass is 16.5. The maximum absolute atomic E-state index is 12.7. The van der Waals surface area contributed by atoms with Crippen molar-refractivity contribution in [3.05, 3.63) is 72.1 Å². The lowest BCUT2D eigenvalue weighted by atomic mass is 9.98. The van der Waals surface area contributed by atoms with Gasteiger partial charge in [0.1, 0.15) is 5.75 Å². The standard InChI is InChI=1S/C26H30N4O2/c1-18-12-19(2)14-20(13-18)23-15-28-16-24(26(23)30-10-8-21(27)9-11-30)29-25(31)17-32-22-6-4-3-5-7-22/h3-7,12-16,21H,8-11,17,27H2,1-2H3,(H,29,31). The second-order valence-corrected chi connectivity index (χ2v) is 8.43. The molecule has 32 heavy (non-hydrogen) atoms. The van der Waals surface area contributed by atoms with Crippen molar-refractivity contribution in [3.8, 4) is 16.9 Å². The van der Waals surface area contributed by atoms with E-state index in [-0.39, 0.29) is 18.6 Å². The lowest BCUT2D eigenvalue weighted by Crippen LogP contribution is -2.40. The van der Waals surface area contributed by atoms with Crippen LogP contribution in [0.4, 0.5) is 11.4 Å². The Hall–Kier alpha value is -3.38. The summed E-state index contributed by atoms with van der Waals surface area (Å²) in [6.45, 7) is 5.80. The van der Waals surface area contributed by atoms with Gasteiger partial charge in [-0.15, -0.1) is 0 Å². The number of carbonyl (C=O) groups is 1. The Morgan fingerprint density at radius 2 is 1.78 bits per heavy atom. The Labute approximate surface area is 189 Å². The molecule has 6 nitrogen and oxygen atoms in total. The van der Waals surface area contributed by atoms with Crippen molar-refractivity contribution < 1.29 is 9.53 Å². The van der Waals surface area contributed by atoms with Gasteiger partial charge in [0, 0.05) is 30.9 Å². The van der Waals surface area contributed by atoms with E-state index >= 15 is 0 Å². The van der Waals surface area contributed by atoms with Crippen LogP contribution in [0, 0.1) is 13.8 Å². The van der Waals surface area contributed by atoms with Crippen molar-refractivity contribution in [3.63, 3.8) is 0 Å². The number of aromatic nitrogens is 1. The number of para-hydroxylation sites is 1. The van der Waals surface area contributed by atoms with Crippen molar-refractivity contribution in [2.75, 3.05) is 29.9 Å². The molecule has 0 unspecified atom stereocenters. The number of amides is 1. The maximum atomic E-state index is 12.7. The molecule has 1 aliphatic rings. The van der Waals surface area contributed by atoms with Crippen LogP contribution in [0.1, 0.15) is 24.0 Å². The molecule has 0 bridgehead atoms. The molecule has 0 radical (unpaired) electrons. The smallest absolute Gasteiger partial charge is 0.262 e. The Kier molecular flexibility index (Phi) is 6.71. The van der Waals surface area contributed by atoms with Gasteiger partial charge in [-0.25, -0.2) is 0 Å². The molecule has 1 aromatic heterocycles. The van der Waals surface area contributed by atoms with Crippen LogP contribution in [0.5, 0.6) is 5.75 Å². The zero-order chi connectivity index (χ0) is 22.5. The van der Waals surface area contributed by atoms with E-state index in [1.165, 1.54) is 11.1 Å². The first-order chi connectivity index (χ1) is 15.5. The second-order valence-electron chi connectivity index (χ2n) is 8.43. The van der Waals surface area contributed by atoms with E-state index in [4.69, 9.17) is 10.5 Å². The number of hydrogen-bond donors (Lipinski definition) is 2. The highest BCUT2D eigenvalue weighted by Crippen LogP contribution is 2.38. The summed E-state index contributed by atoms with van der Waals surface area (Å²) in [6.07, 6.45) is 5.43. The van der Waals surface area contributed by atoms with Gasteiger partial charge < -0.3 is 20.7 Å². The normalized spacial score (nSPS) is 14.3. The Bertz CT molecular complexity index is 1060. The first-order valence-electron chi connectivity index (χ1n) is 11.0. The molecule has 0 saturated carbocycles. The van der Waals surface area contributed by atoms with Crippen LogP contribution < -0.4 is 20.7 Å². The molecular weight excluding hydrogens is 400 g/mol. The molecule has 2 aromatic carbocycles. The van der Waals surface area contributed by atoms with Gasteiger partial charge >= 0.3 is 0 Å². The number of pyridine rings is 1. The van der Waals surface area contributed by atoms with E-state index in [0.29, 0.717) is 11.4 Å². The van der Waals surface area contributed by atoms with Gasteiger partial charge in [-0.2, -0.15) is 0 Å². The third-order valence-corrected chi connectivity index (χ3v) is 5.69. The summed E-state index contributed by atoms with van der Waals surface area (Å²) in [7, 11) is 0. The lowest BCUT2D eigenvalue weighted by Gasteiger charge is -2.34. The quantitative estimate of drug-likeness (QED) is 0.609. The van der Waals surface area contributed by atoms with Gasteiger partial charge in [-0.1, -0.05) is 47.5 Å². The number of carbonyl (C=O) groups excluding carboxylic acids is 1. The largest absolute Gasteiger partial charge is 0.484 e. The monoisotopic (exact) mass is 430 g/mol. The molecule has 1 fully saturated rings. The van der Waals surface area contributed by atoms with Gasteiger partial charge in [0.05, 0.1) is 17.6 Å². The van der Waals surface area contributed by atoms with Gasteiger partial charge in [0.2, 0.25) is 0 Å². The Balaban J connectivity index is 1.64. The number of ether oxygens (including phenoxy) is 1. The number of nitrogens with two attached hydrogens (primary N) is 1. The Morgan fingerprint density at radius 1 is 1.09 bits per heavy atom. The minimum Gasteiger partial charge on any atom is -0.484 e. The average Bonchev–Trinajstić information content (AvgIpc) is 2.78. The molecule has 1 amide bonds. The zero-order valence-electron chi connectivity index (χ0n) is 18.7. The summed E-state index contributed by atoms with van der Waals surface area (Å²) in [5.41, 5.74) is 12.3. The summed E-state index contributed by atoms with van der Waals surface area (Å²) in [4.78, 5) is 19.5. The zero-order valence-corrected chi connectivity index (χ0v) is 18.7. The van der Waals surface area contributed by atoms with Crippen LogP contribution in [-0.2, 0) is 4.79 Å². The van der Waals surface area contributed by atoms with E-state index < -0.39 is 0 Å². The highest BCUT2D eigenvalue weighted by Gasteiger charge is 2.23. The van der Waals surface area contributed by atoms with Crippen molar-refractivity contribution in [2.45, 2.75) is 32.7 Å². The molecule has 1 aliphatic heterocycles. The minimum atomic E-state index is -0.219. The molecule has 0 atom stereocenters. The van der Waals surface area contributed by atoms with E-state index in [2.05, 4.69) is 47.2 Å². The molecule has 1 saturated heterocycles. The number of piperidine rings is 1. The molecule has 166 valence electrons. The predicted molar refractivity (Wildman–Crippen MR) is 129 cm³/mol.